The Kier molecular flexibility index (Phi) is 3.89. The van der Waals surface area contributed by atoms with Crippen LogP contribution in [0, 0.1) is 0 Å². The summed E-state index contributed by atoms with van der Waals surface area (Å²) in [5.41, 5.74) is 2.34. The summed E-state index contributed by atoms with van der Waals surface area (Å²) < 4.78 is 1.97. The summed E-state index contributed by atoms with van der Waals surface area (Å²) in [5, 5.41) is 14.1. The first kappa shape index (κ1) is 14.3. The fourth-order valence-electron chi connectivity index (χ4n) is 2.54. The maximum Gasteiger partial charge on any atom is 0.252 e. The maximum atomic E-state index is 12.0. The van der Waals surface area contributed by atoms with Crippen molar-refractivity contribution in [2.45, 2.75) is 6.10 Å². The van der Waals surface area contributed by atoms with Crippen LogP contribution in [0.3, 0.4) is 0 Å². The van der Waals surface area contributed by atoms with Crippen LogP contribution in [-0.2, 0) is 7.05 Å². The minimum atomic E-state index is -0.758. The lowest BCUT2D eigenvalue weighted by molar-refractivity contribution is 0.0916. The van der Waals surface area contributed by atoms with Gasteiger partial charge in [-0.2, -0.15) is 0 Å². The zero-order valence-corrected chi connectivity index (χ0v) is 12.2. The standard InChI is InChI=1S/C17H17N3O2/c1-20-11-14(13-6-2-3-7-15(13)20)16(21)10-19-17(22)12-5-4-8-18-9-12/h2-9,11,16,21H,10H2,1H3,(H,19,22). The van der Waals surface area contributed by atoms with Gasteiger partial charge in [-0.25, -0.2) is 0 Å². The molecule has 112 valence electrons. The molecule has 0 spiro atoms. The van der Waals surface area contributed by atoms with Gasteiger partial charge in [0.15, 0.2) is 0 Å². The van der Waals surface area contributed by atoms with E-state index in [4.69, 9.17) is 0 Å². The van der Waals surface area contributed by atoms with Gasteiger partial charge in [0, 0.05) is 48.6 Å². The van der Waals surface area contributed by atoms with E-state index in [1.54, 1.807) is 18.3 Å². The predicted octanol–water partition coefficient (Wildman–Crippen LogP) is 2.04. The Morgan fingerprint density at radius 1 is 1.32 bits per heavy atom. The highest BCUT2D eigenvalue weighted by atomic mass is 16.3. The van der Waals surface area contributed by atoms with Gasteiger partial charge in [0.1, 0.15) is 0 Å². The highest BCUT2D eigenvalue weighted by Gasteiger charge is 2.15. The first-order valence-electron chi connectivity index (χ1n) is 7.07. The number of aliphatic hydroxyl groups is 1. The molecule has 1 unspecified atom stereocenters. The number of aliphatic hydroxyl groups excluding tert-OH is 1. The quantitative estimate of drug-likeness (QED) is 0.774. The molecule has 0 aliphatic heterocycles. The van der Waals surface area contributed by atoms with E-state index >= 15 is 0 Å². The van der Waals surface area contributed by atoms with Gasteiger partial charge < -0.3 is 15.0 Å². The number of amides is 1. The highest BCUT2D eigenvalue weighted by Crippen LogP contribution is 2.25. The zero-order valence-electron chi connectivity index (χ0n) is 12.2. The number of para-hydroxylation sites is 1. The van der Waals surface area contributed by atoms with Crippen LogP contribution in [0.1, 0.15) is 22.0 Å². The second-order valence-electron chi connectivity index (χ2n) is 5.18. The third-order valence-electron chi connectivity index (χ3n) is 3.67. The lowest BCUT2D eigenvalue weighted by Gasteiger charge is -2.11. The SMILES string of the molecule is Cn1cc(C(O)CNC(=O)c2cccnc2)c2ccccc21. The van der Waals surface area contributed by atoms with Crippen LogP contribution < -0.4 is 5.32 Å². The molecule has 0 radical (unpaired) electrons. The molecule has 3 aromatic rings. The maximum absolute atomic E-state index is 12.0. The molecule has 0 bridgehead atoms. The summed E-state index contributed by atoms with van der Waals surface area (Å²) in [6.45, 7) is 0.154. The Bertz CT molecular complexity index is 796. The minimum Gasteiger partial charge on any atom is -0.386 e. The van der Waals surface area contributed by atoms with Crippen LogP contribution in [0.4, 0.5) is 0 Å². The number of pyridine rings is 1. The van der Waals surface area contributed by atoms with Gasteiger partial charge in [-0.3, -0.25) is 9.78 Å². The van der Waals surface area contributed by atoms with Crippen molar-refractivity contribution in [1.29, 1.82) is 0 Å². The Morgan fingerprint density at radius 2 is 2.14 bits per heavy atom. The molecule has 5 heteroatoms. The second kappa shape index (κ2) is 5.99. The summed E-state index contributed by atoms with van der Waals surface area (Å²) in [7, 11) is 1.94. The monoisotopic (exact) mass is 295 g/mol. The number of aryl methyl sites for hydroxylation is 1. The Balaban J connectivity index is 1.74. The molecule has 1 amide bonds. The molecule has 22 heavy (non-hydrogen) atoms. The van der Waals surface area contributed by atoms with E-state index in [1.807, 2.05) is 42.1 Å². The topological polar surface area (TPSA) is 67.2 Å². The van der Waals surface area contributed by atoms with E-state index in [0.29, 0.717) is 5.56 Å². The number of nitrogens with one attached hydrogen (secondary N) is 1. The van der Waals surface area contributed by atoms with Crippen LogP contribution in [-0.4, -0.2) is 27.1 Å². The summed E-state index contributed by atoms with van der Waals surface area (Å²) in [6, 6.07) is 11.3. The largest absolute Gasteiger partial charge is 0.386 e. The third-order valence-corrected chi connectivity index (χ3v) is 3.67. The van der Waals surface area contributed by atoms with Crippen molar-refractivity contribution < 1.29 is 9.90 Å². The van der Waals surface area contributed by atoms with Crippen LogP contribution in [0.15, 0.2) is 55.0 Å². The van der Waals surface area contributed by atoms with E-state index in [1.165, 1.54) is 6.20 Å². The van der Waals surface area contributed by atoms with E-state index in [2.05, 4.69) is 10.3 Å². The number of carbonyl (C=O) groups is 1. The molecule has 5 nitrogen and oxygen atoms in total. The van der Waals surface area contributed by atoms with Gasteiger partial charge >= 0.3 is 0 Å². The number of fused-ring (bicyclic) bond motifs is 1. The summed E-state index contributed by atoms with van der Waals surface area (Å²) >= 11 is 0. The van der Waals surface area contributed by atoms with E-state index in [-0.39, 0.29) is 12.5 Å². The van der Waals surface area contributed by atoms with Gasteiger partial charge in [0.25, 0.3) is 5.91 Å². The number of rotatable bonds is 4. The molecular weight excluding hydrogens is 278 g/mol. The average Bonchev–Trinajstić information content (AvgIpc) is 2.91. The molecule has 2 N–H and O–H groups in total. The number of hydrogen-bond acceptors (Lipinski definition) is 3. The lowest BCUT2D eigenvalue weighted by atomic mass is 10.1. The second-order valence-corrected chi connectivity index (χ2v) is 5.18. The molecule has 0 saturated heterocycles. The number of aromatic nitrogens is 2. The third kappa shape index (κ3) is 2.71. The van der Waals surface area contributed by atoms with Gasteiger partial charge in [-0.05, 0) is 18.2 Å². The molecule has 0 aliphatic rings. The Labute approximate surface area is 128 Å². The van der Waals surface area contributed by atoms with E-state index < -0.39 is 6.10 Å². The van der Waals surface area contributed by atoms with Gasteiger partial charge in [0.2, 0.25) is 0 Å². The van der Waals surface area contributed by atoms with Crippen molar-refractivity contribution in [2.24, 2.45) is 7.05 Å². The molecule has 0 fully saturated rings. The van der Waals surface area contributed by atoms with Crippen molar-refractivity contribution in [2.75, 3.05) is 6.54 Å². The minimum absolute atomic E-state index is 0.154. The van der Waals surface area contributed by atoms with Crippen molar-refractivity contribution in [1.82, 2.24) is 14.9 Å². The first-order valence-corrected chi connectivity index (χ1v) is 7.07. The fraction of sp³-hybridized carbons (Fsp3) is 0.176. The summed E-state index contributed by atoms with van der Waals surface area (Å²) in [6.07, 6.45) is 4.25. The molecule has 0 saturated carbocycles. The fourth-order valence-corrected chi connectivity index (χ4v) is 2.54. The zero-order chi connectivity index (χ0) is 15.5. The molecule has 0 aliphatic carbocycles. The average molecular weight is 295 g/mol. The summed E-state index contributed by atoms with van der Waals surface area (Å²) in [4.78, 5) is 15.9. The molecular formula is C17H17N3O2. The van der Waals surface area contributed by atoms with Crippen molar-refractivity contribution in [3.05, 3.63) is 66.1 Å². The molecule has 1 atom stereocenters. The molecule has 2 aromatic heterocycles. The van der Waals surface area contributed by atoms with Crippen LogP contribution >= 0.6 is 0 Å². The van der Waals surface area contributed by atoms with E-state index in [0.717, 1.165) is 16.5 Å². The number of carbonyl (C=O) groups excluding carboxylic acids is 1. The predicted molar refractivity (Wildman–Crippen MR) is 84.4 cm³/mol. The number of hydrogen-bond donors (Lipinski definition) is 2. The molecule has 2 heterocycles. The van der Waals surface area contributed by atoms with Crippen molar-refractivity contribution in [3.63, 3.8) is 0 Å². The molecule has 3 rings (SSSR count). The highest BCUT2D eigenvalue weighted by molar-refractivity contribution is 5.93. The van der Waals surface area contributed by atoms with Gasteiger partial charge in [-0.1, -0.05) is 18.2 Å². The van der Waals surface area contributed by atoms with Gasteiger partial charge in [-0.15, -0.1) is 0 Å². The van der Waals surface area contributed by atoms with Crippen LogP contribution in [0.25, 0.3) is 10.9 Å². The van der Waals surface area contributed by atoms with Crippen molar-refractivity contribution >= 4 is 16.8 Å². The normalized spacial score (nSPS) is 12.3. The smallest absolute Gasteiger partial charge is 0.252 e. The summed E-state index contributed by atoms with van der Waals surface area (Å²) in [5.74, 6) is -0.243. The lowest BCUT2D eigenvalue weighted by Crippen LogP contribution is -2.28. The number of benzene rings is 1. The van der Waals surface area contributed by atoms with Gasteiger partial charge in [0.05, 0.1) is 11.7 Å². The Morgan fingerprint density at radius 3 is 2.91 bits per heavy atom. The number of nitrogens with zero attached hydrogens (tertiary/aromatic N) is 2. The Hall–Kier alpha value is -2.66. The van der Waals surface area contributed by atoms with Crippen molar-refractivity contribution in [3.8, 4) is 0 Å². The van der Waals surface area contributed by atoms with E-state index in [9.17, 15) is 9.90 Å². The molecule has 1 aromatic carbocycles. The van der Waals surface area contributed by atoms with Crippen LogP contribution in [0.2, 0.25) is 0 Å². The first-order chi connectivity index (χ1) is 10.7. The van der Waals surface area contributed by atoms with Crippen LogP contribution in [0.5, 0.6) is 0 Å².